The van der Waals surface area contributed by atoms with Gasteiger partial charge in [-0.25, -0.2) is 8.42 Å². The number of rotatable bonds is 6. The number of nitriles is 1. The lowest BCUT2D eigenvalue weighted by molar-refractivity contribution is -0.384. The maximum absolute atomic E-state index is 12.0. The zero-order valence-corrected chi connectivity index (χ0v) is 11.1. The van der Waals surface area contributed by atoms with E-state index in [4.69, 9.17) is 5.26 Å². The lowest BCUT2D eigenvalue weighted by atomic mass is 10.2. The van der Waals surface area contributed by atoms with E-state index in [2.05, 4.69) is 0 Å². The minimum absolute atomic E-state index is 0.0921. The Labute approximate surface area is 111 Å². The Morgan fingerprint density at radius 1 is 1.37 bits per heavy atom. The summed E-state index contributed by atoms with van der Waals surface area (Å²) in [5, 5.41) is 19.0. The second-order valence-electron chi connectivity index (χ2n) is 3.76. The number of benzene rings is 1. The lowest BCUT2D eigenvalue weighted by Crippen LogP contribution is -2.32. The Kier molecular flexibility index (Phi) is 4.97. The van der Waals surface area contributed by atoms with E-state index in [1.807, 2.05) is 0 Å². The first-order valence-corrected chi connectivity index (χ1v) is 7.09. The summed E-state index contributed by atoms with van der Waals surface area (Å²) in [4.78, 5) is 9.93. The number of non-ortho nitro benzene ring substituents is 1. The molecule has 1 aromatic rings. The van der Waals surface area contributed by atoms with Gasteiger partial charge in [-0.2, -0.15) is 9.57 Å². The number of nitrogens with zero attached hydrogens (tertiary/aromatic N) is 3. The van der Waals surface area contributed by atoms with E-state index in [1.54, 1.807) is 13.0 Å². The van der Waals surface area contributed by atoms with Gasteiger partial charge in [-0.1, -0.05) is 19.1 Å². The highest BCUT2D eigenvalue weighted by Gasteiger charge is 2.20. The van der Waals surface area contributed by atoms with Gasteiger partial charge < -0.3 is 0 Å². The van der Waals surface area contributed by atoms with E-state index >= 15 is 0 Å². The Hall–Kier alpha value is -1.98. The summed E-state index contributed by atoms with van der Waals surface area (Å²) in [7, 11) is -3.58. The summed E-state index contributed by atoms with van der Waals surface area (Å²) >= 11 is 0. The fourth-order valence-electron chi connectivity index (χ4n) is 1.50. The second kappa shape index (κ2) is 6.26. The van der Waals surface area contributed by atoms with E-state index in [-0.39, 0.29) is 24.5 Å². The van der Waals surface area contributed by atoms with Gasteiger partial charge in [-0.15, -0.1) is 0 Å². The highest BCUT2D eigenvalue weighted by atomic mass is 32.2. The first kappa shape index (κ1) is 15.1. The van der Waals surface area contributed by atoms with Crippen molar-refractivity contribution >= 4 is 15.7 Å². The molecule has 0 spiro atoms. The minimum atomic E-state index is -3.58. The number of hydrogen-bond acceptors (Lipinski definition) is 5. The van der Waals surface area contributed by atoms with Gasteiger partial charge in [-0.05, 0) is 5.56 Å². The Bertz CT molecular complexity index is 589. The van der Waals surface area contributed by atoms with Crippen LogP contribution in [0.3, 0.4) is 0 Å². The standard InChI is InChI=1S/C11H13N3O4S/c1-2-13(8-7-12)19(17,18)9-10-3-5-11(6-4-10)14(15)16/h3-6H,2,8-9H2,1H3. The van der Waals surface area contributed by atoms with E-state index < -0.39 is 14.9 Å². The van der Waals surface area contributed by atoms with Gasteiger partial charge in [0, 0.05) is 18.7 Å². The number of nitro groups is 1. The predicted molar refractivity (Wildman–Crippen MR) is 68.6 cm³/mol. The molecule has 0 saturated heterocycles. The maximum Gasteiger partial charge on any atom is 0.269 e. The molecule has 0 radical (unpaired) electrons. The third kappa shape index (κ3) is 4.01. The van der Waals surface area contributed by atoms with Crippen molar-refractivity contribution in [2.75, 3.05) is 13.1 Å². The summed E-state index contributed by atoms with van der Waals surface area (Å²) in [5.74, 6) is -0.277. The van der Waals surface area contributed by atoms with Crippen molar-refractivity contribution in [3.63, 3.8) is 0 Å². The van der Waals surface area contributed by atoms with E-state index in [1.165, 1.54) is 24.3 Å². The van der Waals surface area contributed by atoms with Crippen molar-refractivity contribution in [1.29, 1.82) is 5.26 Å². The summed E-state index contributed by atoms with van der Waals surface area (Å²) in [6.45, 7) is 1.65. The topological polar surface area (TPSA) is 104 Å². The largest absolute Gasteiger partial charge is 0.269 e. The lowest BCUT2D eigenvalue weighted by Gasteiger charge is -2.16. The molecular weight excluding hydrogens is 270 g/mol. The zero-order chi connectivity index (χ0) is 14.5. The third-order valence-electron chi connectivity index (χ3n) is 2.49. The molecule has 19 heavy (non-hydrogen) atoms. The molecule has 0 amide bonds. The van der Waals surface area contributed by atoms with Crippen LogP contribution in [0, 0.1) is 21.4 Å². The first-order valence-electron chi connectivity index (χ1n) is 5.48. The number of hydrogen-bond donors (Lipinski definition) is 0. The average Bonchev–Trinajstić information content (AvgIpc) is 2.35. The van der Waals surface area contributed by atoms with Gasteiger partial charge in [-0.3, -0.25) is 10.1 Å². The van der Waals surface area contributed by atoms with Crippen LogP contribution in [0.15, 0.2) is 24.3 Å². The summed E-state index contributed by atoms with van der Waals surface area (Å²) < 4.78 is 25.0. The molecule has 1 aromatic carbocycles. The molecule has 0 aliphatic carbocycles. The van der Waals surface area contributed by atoms with Crippen molar-refractivity contribution in [1.82, 2.24) is 4.31 Å². The van der Waals surface area contributed by atoms with Gasteiger partial charge in [0.25, 0.3) is 5.69 Å². The highest BCUT2D eigenvalue weighted by molar-refractivity contribution is 7.88. The Balaban J connectivity index is 2.89. The normalized spacial score (nSPS) is 11.2. The van der Waals surface area contributed by atoms with Gasteiger partial charge in [0.05, 0.1) is 16.7 Å². The van der Waals surface area contributed by atoms with E-state index in [0.717, 1.165) is 4.31 Å². The molecule has 0 heterocycles. The van der Waals surface area contributed by atoms with Gasteiger partial charge >= 0.3 is 0 Å². The molecule has 0 bridgehead atoms. The SMILES string of the molecule is CCN(CC#N)S(=O)(=O)Cc1ccc([N+](=O)[O-])cc1. The predicted octanol–water partition coefficient (Wildman–Crippen LogP) is 1.27. The van der Waals surface area contributed by atoms with Crippen LogP contribution >= 0.6 is 0 Å². The smallest absolute Gasteiger partial charge is 0.258 e. The maximum atomic E-state index is 12.0. The van der Waals surface area contributed by atoms with Gasteiger partial charge in [0.1, 0.15) is 6.54 Å². The molecule has 0 aliphatic rings. The van der Waals surface area contributed by atoms with Crippen LogP contribution in [0.4, 0.5) is 5.69 Å². The highest BCUT2D eigenvalue weighted by Crippen LogP contribution is 2.15. The summed E-state index contributed by atoms with van der Waals surface area (Å²) in [5.41, 5.74) is 0.354. The molecule has 8 heteroatoms. The van der Waals surface area contributed by atoms with E-state index in [0.29, 0.717) is 5.56 Å². The first-order chi connectivity index (χ1) is 8.90. The molecule has 102 valence electrons. The van der Waals surface area contributed by atoms with Crippen LogP contribution in [0.5, 0.6) is 0 Å². The fourth-order valence-corrected chi connectivity index (χ4v) is 2.95. The summed E-state index contributed by atoms with van der Waals surface area (Å²) in [6, 6.07) is 7.10. The fraction of sp³-hybridized carbons (Fsp3) is 0.364. The molecule has 0 N–H and O–H groups in total. The van der Waals surface area contributed by atoms with Crippen molar-refractivity contribution in [2.24, 2.45) is 0 Å². The molecule has 1 rings (SSSR count). The van der Waals surface area contributed by atoms with Crippen molar-refractivity contribution < 1.29 is 13.3 Å². The molecule has 0 aromatic heterocycles. The van der Waals surface area contributed by atoms with E-state index in [9.17, 15) is 18.5 Å². The van der Waals surface area contributed by atoms with Crippen molar-refractivity contribution in [3.05, 3.63) is 39.9 Å². The van der Waals surface area contributed by atoms with Crippen molar-refractivity contribution in [3.8, 4) is 6.07 Å². The summed E-state index contributed by atoms with van der Waals surface area (Å²) in [6.07, 6.45) is 0. The second-order valence-corrected chi connectivity index (χ2v) is 5.73. The molecule has 0 saturated carbocycles. The molecule has 0 atom stereocenters. The quantitative estimate of drug-likeness (QED) is 0.444. The minimum Gasteiger partial charge on any atom is -0.258 e. The number of sulfonamides is 1. The van der Waals surface area contributed by atoms with Crippen LogP contribution < -0.4 is 0 Å². The molecule has 7 nitrogen and oxygen atoms in total. The van der Waals surface area contributed by atoms with Crippen LogP contribution in [-0.2, 0) is 15.8 Å². The van der Waals surface area contributed by atoms with Crippen molar-refractivity contribution in [2.45, 2.75) is 12.7 Å². The third-order valence-corrected chi connectivity index (χ3v) is 4.36. The van der Waals surface area contributed by atoms with Crippen LogP contribution in [0.2, 0.25) is 0 Å². The number of nitro benzene ring substituents is 1. The van der Waals surface area contributed by atoms with Gasteiger partial charge in [0.2, 0.25) is 10.0 Å². The average molecular weight is 283 g/mol. The Morgan fingerprint density at radius 3 is 2.37 bits per heavy atom. The molecule has 0 unspecified atom stereocenters. The van der Waals surface area contributed by atoms with Crippen LogP contribution in [0.1, 0.15) is 12.5 Å². The monoisotopic (exact) mass is 283 g/mol. The molecule has 0 fully saturated rings. The van der Waals surface area contributed by atoms with Gasteiger partial charge in [0.15, 0.2) is 0 Å². The van der Waals surface area contributed by atoms with Crippen LogP contribution in [-0.4, -0.2) is 30.7 Å². The zero-order valence-electron chi connectivity index (χ0n) is 10.3. The molecule has 0 aliphatic heterocycles. The Morgan fingerprint density at radius 2 is 1.95 bits per heavy atom. The molecular formula is C11H13N3O4S. The van der Waals surface area contributed by atoms with Crippen LogP contribution in [0.25, 0.3) is 0 Å².